The van der Waals surface area contributed by atoms with Gasteiger partial charge in [0.1, 0.15) is 5.75 Å². The molecule has 0 saturated carbocycles. The molecule has 6 heteroatoms. The van der Waals surface area contributed by atoms with Crippen molar-refractivity contribution in [2.75, 3.05) is 5.32 Å². The summed E-state index contributed by atoms with van der Waals surface area (Å²) in [6.45, 7) is 0. The zero-order valence-electron chi connectivity index (χ0n) is 12.8. The van der Waals surface area contributed by atoms with E-state index in [-0.39, 0.29) is 5.91 Å². The van der Waals surface area contributed by atoms with Crippen LogP contribution in [0, 0.1) is 0 Å². The molecular formula is C19H12Cl3NO2. The van der Waals surface area contributed by atoms with E-state index < -0.39 is 0 Å². The van der Waals surface area contributed by atoms with Gasteiger partial charge in [0.2, 0.25) is 0 Å². The summed E-state index contributed by atoms with van der Waals surface area (Å²) in [6, 6.07) is 18.7. The van der Waals surface area contributed by atoms with E-state index in [0.29, 0.717) is 37.8 Å². The smallest absolute Gasteiger partial charge is 0.255 e. The van der Waals surface area contributed by atoms with Crippen LogP contribution in [0.1, 0.15) is 10.4 Å². The molecule has 1 N–H and O–H groups in total. The Hall–Kier alpha value is -2.20. The third kappa shape index (κ3) is 4.45. The summed E-state index contributed by atoms with van der Waals surface area (Å²) >= 11 is 18.1. The van der Waals surface area contributed by atoms with Gasteiger partial charge < -0.3 is 10.1 Å². The van der Waals surface area contributed by atoms with Crippen molar-refractivity contribution >= 4 is 46.4 Å². The second-order valence-electron chi connectivity index (χ2n) is 5.14. The zero-order chi connectivity index (χ0) is 17.8. The number of carbonyl (C=O) groups excluding carboxylic acids is 1. The highest BCUT2D eigenvalue weighted by Crippen LogP contribution is 2.36. The van der Waals surface area contributed by atoms with E-state index in [9.17, 15) is 4.79 Å². The number of rotatable bonds is 4. The van der Waals surface area contributed by atoms with Gasteiger partial charge in [0, 0.05) is 15.6 Å². The van der Waals surface area contributed by atoms with Crippen LogP contribution in [0.2, 0.25) is 15.1 Å². The number of hydrogen-bond donors (Lipinski definition) is 1. The fourth-order valence-corrected chi connectivity index (χ4v) is 2.77. The molecule has 0 aliphatic heterocycles. The van der Waals surface area contributed by atoms with Crippen LogP contribution in [0.25, 0.3) is 0 Å². The van der Waals surface area contributed by atoms with Crippen LogP contribution < -0.4 is 10.1 Å². The first-order valence-electron chi connectivity index (χ1n) is 7.32. The molecule has 3 rings (SSSR count). The molecule has 3 nitrogen and oxygen atoms in total. The second-order valence-corrected chi connectivity index (χ2v) is 6.42. The van der Waals surface area contributed by atoms with Crippen LogP contribution in [0.15, 0.2) is 66.7 Å². The summed E-state index contributed by atoms with van der Waals surface area (Å²) in [5.41, 5.74) is 0.963. The number of carbonyl (C=O) groups is 1. The lowest BCUT2D eigenvalue weighted by Gasteiger charge is -2.14. The van der Waals surface area contributed by atoms with Gasteiger partial charge in [-0.05, 0) is 48.5 Å². The molecule has 25 heavy (non-hydrogen) atoms. The summed E-state index contributed by atoms with van der Waals surface area (Å²) < 4.78 is 5.82. The number of benzene rings is 3. The van der Waals surface area contributed by atoms with Gasteiger partial charge in [-0.1, -0.05) is 53.0 Å². The molecule has 0 fully saturated rings. The first-order valence-corrected chi connectivity index (χ1v) is 8.45. The average Bonchev–Trinajstić information content (AvgIpc) is 2.60. The quantitative estimate of drug-likeness (QED) is 0.537. The lowest BCUT2D eigenvalue weighted by atomic mass is 10.2. The Morgan fingerprint density at radius 3 is 2.12 bits per heavy atom. The van der Waals surface area contributed by atoms with E-state index >= 15 is 0 Å². The molecule has 0 unspecified atom stereocenters. The first-order chi connectivity index (χ1) is 12.0. The Morgan fingerprint density at radius 2 is 1.44 bits per heavy atom. The number of nitrogens with one attached hydrogen (secondary N) is 1. The first kappa shape index (κ1) is 17.6. The lowest BCUT2D eigenvalue weighted by Crippen LogP contribution is -2.12. The van der Waals surface area contributed by atoms with Gasteiger partial charge in [-0.2, -0.15) is 0 Å². The van der Waals surface area contributed by atoms with E-state index in [1.165, 1.54) is 0 Å². The SMILES string of the molecule is O=C(Nc1cc(Cl)ccc1Oc1ccc(Cl)cc1Cl)c1ccccc1. The van der Waals surface area contributed by atoms with E-state index in [0.717, 1.165) is 0 Å². The number of ether oxygens (including phenoxy) is 1. The third-order valence-electron chi connectivity index (χ3n) is 3.34. The molecule has 0 atom stereocenters. The molecule has 3 aromatic rings. The van der Waals surface area contributed by atoms with Gasteiger partial charge >= 0.3 is 0 Å². The third-order valence-corrected chi connectivity index (χ3v) is 4.11. The zero-order valence-corrected chi connectivity index (χ0v) is 15.1. The highest BCUT2D eigenvalue weighted by molar-refractivity contribution is 6.35. The molecule has 3 aromatic carbocycles. The summed E-state index contributed by atoms with van der Waals surface area (Å²) in [5.74, 6) is 0.566. The number of halogens is 3. The van der Waals surface area contributed by atoms with Gasteiger partial charge in [0.05, 0.1) is 10.7 Å². The molecule has 0 aliphatic carbocycles. The minimum Gasteiger partial charge on any atom is -0.454 e. The van der Waals surface area contributed by atoms with E-state index in [4.69, 9.17) is 39.5 Å². The fraction of sp³-hybridized carbons (Fsp3) is 0. The molecule has 0 heterocycles. The average molecular weight is 393 g/mol. The van der Waals surface area contributed by atoms with Crippen molar-refractivity contribution in [2.45, 2.75) is 0 Å². The summed E-state index contributed by atoms with van der Waals surface area (Å²) in [5, 5.41) is 4.14. The van der Waals surface area contributed by atoms with Gasteiger partial charge in [0.25, 0.3) is 5.91 Å². The van der Waals surface area contributed by atoms with Crippen LogP contribution in [-0.4, -0.2) is 5.91 Å². The highest BCUT2D eigenvalue weighted by Gasteiger charge is 2.13. The molecule has 0 bridgehead atoms. The summed E-state index contributed by atoms with van der Waals surface area (Å²) in [7, 11) is 0. The van der Waals surface area contributed by atoms with Crippen LogP contribution >= 0.6 is 34.8 Å². The Kier molecular flexibility index (Phi) is 5.49. The fourth-order valence-electron chi connectivity index (χ4n) is 2.15. The Bertz CT molecular complexity index is 914. The number of anilines is 1. The summed E-state index contributed by atoms with van der Waals surface area (Å²) in [4.78, 5) is 12.4. The molecule has 0 aromatic heterocycles. The topological polar surface area (TPSA) is 38.3 Å². The standard InChI is InChI=1S/C19H12Cl3NO2/c20-13-6-8-17(15(22)10-13)25-18-9-7-14(21)11-16(18)23-19(24)12-4-2-1-3-5-12/h1-11H,(H,23,24). The van der Waals surface area contributed by atoms with Gasteiger partial charge in [0.15, 0.2) is 5.75 Å². The van der Waals surface area contributed by atoms with Crippen molar-refractivity contribution in [2.24, 2.45) is 0 Å². The molecule has 0 spiro atoms. The molecular weight excluding hydrogens is 381 g/mol. The lowest BCUT2D eigenvalue weighted by molar-refractivity contribution is 0.102. The van der Waals surface area contributed by atoms with Crippen LogP contribution in [-0.2, 0) is 0 Å². The largest absolute Gasteiger partial charge is 0.454 e. The van der Waals surface area contributed by atoms with Gasteiger partial charge in [-0.3, -0.25) is 4.79 Å². The Morgan fingerprint density at radius 1 is 0.800 bits per heavy atom. The van der Waals surface area contributed by atoms with Crippen molar-refractivity contribution in [3.8, 4) is 11.5 Å². The maximum Gasteiger partial charge on any atom is 0.255 e. The predicted molar refractivity (Wildman–Crippen MR) is 102 cm³/mol. The summed E-state index contributed by atoms with van der Waals surface area (Å²) in [6.07, 6.45) is 0. The number of amides is 1. The number of hydrogen-bond acceptors (Lipinski definition) is 2. The van der Waals surface area contributed by atoms with Crippen LogP contribution in [0.3, 0.4) is 0 Å². The Balaban J connectivity index is 1.89. The molecule has 0 radical (unpaired) electrons. The Labute approximate surface area is 160 Å². The highest BCUT2D eigenvalue weighted by atomic mass is 35.5. The molecule has 126 valence electrons. The maximum absolute atomic E-state index is 12.4. The monoisotopic (exact) mass is 391 g/mol. The normalized spacial score (nSPS) is 10.4. The van der Waals surface area contributed by atoms with E-state index in [1.54, 1.807) is 60.7 Å². The minimum atomic E-state index is -0.269. The second kappa shape index (κ2) is 7.79. The van der Waals surface area contributed by atoms with Crippen LogP contribution in [0.5, 0.6) is 11.5 Å². The van der Waals surface area contributed by atoms with Gasteiger partial charge in [-0.15, -0.1) is 0 Å². The van der Waals surface area contributed by atoms with Crippen LogP contribution in [0.4, 0.5) is 5.69 Å². The van der Waals surface area contributed by atoms with Gasteiger partial charge in [-0.25, -0.2) is 0 Å². The molecule has 0 aliphatic rings. The van der Waals surface area contributed by atoms with Crippen molar-refractivity contribution in [3.63, 3.8) is 0 Å². The van der Waals surface area contributed by atoms with Crippen molar-refractivity contribution < 1.29 is 9.53 Å². The molecule has 1 amide bonds. The minimum absolute atomic E-state index is 0.269. The predicted octanol–water partition coefficient (Wildman–Crippen LogP) is 6.69. The van der Waals surface area contributed by atoms with E-state index in [1.807, 2.05) is 6.07 Å². The van der Waals surface area contributed by atoms with E-state index in [2.05, 4.69) is 5.32 Å². The van der Waals surface area contributed by atoms with Crippen molar-refractivity contribution in [3.05, 3.63) is 87.4 Å². The maximum atomic E-state index is 12.4. The van der Waals surface area contributed by atoms with Crippen molar-refractivity contribution in [1.29, 1.82) is 0 Å². The van der Waals surface area contributed by atoms with Crippen molar-refractivity contribution in [1.82, 2.24) is 0 Å². The molecule has 0 saturated heterocycles.